The second kappa shape index (κ2) is 14.3. The molecule has 4 rings (SSSR count). The highest BCUT2D eigenvalue weighted by molar-refractivity contribution is 5.93. The van der Waals surface area contributed by atoms with Crippen LogP contribution in [0.25, 0.3) is 10.9 Å². The third-order valence-electron chi connectivity index (χ3n) is 6.89. The number of carbonyl (C=O) groups is 3. The van der Waals surface area contributed by atoms with Gasteiger partial charge in [-0.05, 0) is 55.3 Å². The van der Waals surface area contributed by atoms with Crippen LogP contribution in [0, 0.1) is 23.4 Å². The number of ether oxygens (including phenoxy) is 1. The summed E-state index contributed by atoms with van der Waals surface area (Å²) in [6.45, 7) is -0.449. The summed E-state index contributed by atoms with van der Waals surface area (Å²) in [5.74, 6) is -4.17. The van der Waals surface area contributed by atoms with Crippen molar-refractivity contribution >= 4 is 34.5 Å². The van der Waals surface area contributed by atoms with E-state index in [1.54, 1.807) is 12.1 Å². The van der Waals surface area contributed by atoms with E-state index < -0.39 is 46.8 Å². The Hall–Kier alpha value is -5.53. The molecule has 45 heavy (non-hydrogen) atoms. The fourth-order valence-corrected chi connectivity index (χ4v) is 4.61. The average Bonchev–Trinajstić information content (AvgIpc) is 3.38. The Morgan fingerprint density at radius 3 is 2.62 bits per heavy atom. The minimum absolute atomic E-state index is 0.00599. The molecule has 0 spiro atoms. The molecule has 1 atom stereocenters. The summed E-state index contributed by atoms with van der Waals surface area (Å²) in [5.41, 5.74) is 5.43. The van der Waals surface area contributed by atoms with Crippen LogP contribution in [0.5, 0.6) is 5.75 Å². The fourth-order valence-electron chi connectivity index (χ4n) is 4.61. The molecule has 4 aromatic rings. The summed E-state index contributed by atoms with van der Waals surface area (Å²) in [5, 5.41) is 12.3. The lowest BCUT2D eigenvalue weighted by atomic mass is 10.0. The van der Waals surface area contributed by atoms with Gasteiger partial charge in [0, 0.05) is 48.6 Å². The Balaban J connectivity index is 1.52. The largest absolute Gasteiger partial charge is 0.486 e. The van der Waals surface area contributed by atoms with E-state index in [2.05, 4.69) is 10.3 Å². The molecule has 0 aliphatic heterocycles. The first kappa shape index (κ1) is 32.4. The minimum Gasteiger partial charge on any atom is -0.486 e. The molecule has 0 bridgehead atoms. The Morgan fingerprint density at radius 1 is 1.13 bits per heavy atom. The van der Waals surface area contributed by atoms with Crippen molar-refractivity contribution in [1.29, 1.82) is 0 Å². The number of hydrogen-bond donors (Lipinski definition) is 4. The number of anilines is 1. The van der Waals surface area contributed by atoms with E-state index in [1.807, 2.05) is 0 Å². The zero-order valence-corrected chi connectivity index (χ0v) is 24.1. The third-order valence-corrected chi connectivity index (χ3v) is 6.89. The predicted molar refractivity (Wildman–Crippen MR) is 159 cm³/mol. The van der Waals surface area contributed by atoms with Gasteiger partial charge in [0.1, 0.15) is 35.5 Å². The van der Waals surface area contributed by atoms with Gasteiger partial charge in [0.25, 0.3) is 5.56 Å². The molecule has 0 unspecified atom stereocenters. The van der Waals surface area contributed by atoms with Gasteiger partial charge in [0.15, 0.2) is 0 Å². The zero-order chi connectivity index (χ0) is 32.7. The van der Waals surface area contributed by atoms with E-state index in [0.29, 0.717) is 16.6 Å². The summed E-state index contributed by atoms with van der Waals surface area (Å²) < 4.78 is 48.6. The number of carbonyl (C=O) groups excluding carboxylic acids is 2. The van der Waals surface area contributed by atoms with Crippen molar-refractivity contribution in [3.05, 3.63) is 106 Å². The molecule has 0 radical (unpaired) electrons. The van der Waals surface area contributed by atoms with Gasteiger partial charge in [-0.2, -0.15) is 0 Å². The van der Waals surface area contributed by atoms with Crippen molar-refractivity contribution in [2.45, 2.75) is 26.0 Å². The summed E-state index contributed by atoms with van der Waals surface area (Å²) >= 11 is 0. The number of hydrogen-bond acceptors (Lipinski definition) is 5. The number of H-pyrrole nitrogens is 1. The number of nitrogens with one attached hydrogen (secondary N) is 2. The second-order valence-electron chi connectivity index (χ2n) is 10.3. The smallest absolute Gasteiger partial charge is 0.407 e. The summed E-state index contributed by atoms with van der Waals surface area (Å²) in [4.78, 5) is 52.7. The van der Waals surface area contributed by atoms with Gasteiger partial charge in [-0.1, -0.05) is 6.08 Å². The lowest BCUT2D eigenvalue weighted by Gasteiger charge is -2.21. The molecule has 14 heteroatoms. The number of halogens is 3. The van der Waals surface area contributed by atoms with Gasteiger partial charge in [0.05, 0.1) is 18.0 Å². The van der Waals surface area contributed by atoms with Crippen LogP contribution in [0.2, 0.25) is 0 Å². The molecule has 0 saturated carbocycles. The van der Waals surface area contributed by atoms with Crippen LogP contribution in [0.1, 0.15) is 24.1 Å². The summed E-state index contributed by atoms with van der Waals surface area (Å²) in [6, 6.07) is 9.97. The molecular formula is C31H30F3N5O6. The SMILES string of the molecule is CN(C[C@H](CC/C=C/C(N)=O)C(=O)Nc1cccn(Cc2cc3cc(F)cc(OCc4ccc(F)cc4F)c3[nH]2)c1=O)C(=O)O. The monoisotopic (exact) mass is 625 g/mol. The first-order valence-electron chi connectivity index (χ1n) is 13.7. The fraction of sp³-hybridized carbons (Fsp3) is 0.226. The number of rotatable bonds is 13. The first-order valence-corrected chi connectivity index (χ1v) is 13.7. The molecule has 3 amide bonds. The maximum Gasteiger partial charge on any atom is 0.407 e. The summed E-state index contributed by atoms with van der Waals surface area (Å²) in [6.07, 6.45) is 3.31. The van der Waals surface area contributed by atoms with Gasteiger partial charge >= 0.3 is 6.09 Å². The van der Waals surface area contributed by atoms with Gasteiger partial charge in [-0.3, -0.25) is 14.4 Å². The highest BCUT2D eigenvalue weighted by atomic mass is 19.1. The molecular weight excluding hydrogens is 595 g/mol. The normalized spacial score (nSPS) is 11.9. The Kier molecular flexibility index (Phi) is 10.3. The number of primary amides is 1. The van der Waals surface area contributed by atoms with E-state index in [9.17, 15) is 37.5 Å². The molecule has 236 valence electrons. The zero-order valence-electron chi connectivity index (χ0n) is 24.1. The molecule has 11 nitrogen and oxygen atoms in total. The van der Waals surface area contributed by atoms with Crippen molar-refractivity contribution in [2.24, 2.45) is 11.7 Å². The van der Waals surface area contributed by atoms with Crippen LogP contribution in [-0.4, -0.2) is 51.1 Å². The molecule has 0 saturated heterocycles. The third kappa shape index (κ3) is 8.53. The molecule has 0 aliphatic carbocycles. The number of benzene rings is 2. The van der Waals surface area contributed by atoms with Crippen LogP contribution < -0.4 is 21.3 Å². The van der Waals surface area contributed by atoms with Gasteiger partial charge < -0.3 is 35.3 Å². The van der Waals surface area contributed by atoms with Crippen molar-refractivity contribution < 1.29 is 37.4 Å². The summed E-state index contributed by atoms with van der Waals surface area (Å²) in [7, 11) is 1.31. The number of aromatic nitrogens is 2. The van der Waals surface area contributed by atoms with E-state index in [4.69, 9.17) is 10.5 Å². The number of aromatic amines is 1. The van der Waals surface area contributed by atoms with Gasteiger partial charge in [0.2, 0.25) is 11.8 Å². The quantitative estimate of drug-likeness (QED) is 0.162. The average molecular weight is 626 g/mol. The van der Waals surface area contributed by atoms with Crippen LogP contribution in [0.3, 0.4) is 0 Å². The predicted octanol–water partition coefficient (Wildman–Crippen LogP) is 4.36. The number of pyridine rings is 1. The minimum atomic E-state index is -1.24. The van der Waals surface area contributed by atoms with Crippen molar-refractivity contribution in [3.63, 3.8) is 0 Å². The molecule has 0 fully saturated rings. The van der Waals surface area contributed by atoms with Crippen molar-refractivity contribution in [1.82, 2.24) is 14.5 Å². The van der Waals surface area contributed by atoms with Crippen LogP contribution in [-0.2, 0) is 22.7 Å². The van der Waals surface area contributed by atoms with Gasteiger partial charge in [-0.25, -0.2) is 18.0 Å². The molecule has 2 aromatic carbocycles. The number of fused-ring (bicyclic) bond motifs is 1. The lowest BCUT2D eigenvalue weighted by Crippen LogP contribution is -2.37. The number of nitrogens with zero attached hydrogens (tertiary/aromatic N) is 2. The Bertz CT molecular complexity index is 1820. The van der Waals surface area contributed by atoms with E-state index >= 15 is 0 Å². The number of carboxylic acid groups (broad SMARTS) is 1. The topological polar surface area (TPSA) is 160 Å². The van der Waals surface area contributed by atoms with E-state index in [1.165, 1.54) is 42.1 Å². The molecule has 0 aliphatic rings. The second-order valence-corrected chi connectivity index (χ2v) is 10.3. The maximum absolute atomic E-state index is 14.4. The van der Waals surface area contributed by atoms with Crippen LogP contribution >= 0.6 is 0 Å². The van der Waals surface area contributed by atoms with E-state index in [-0.39, 0.29) is 49.5 Å². The number of nitrogens with two attached hydrogens (primary N) is 1. The lowest BCUT2D eigenvalue weighted by molar-refractivity contribution is -0.120. The number of amides is 3. The maximum atomic E-state index is 14.4. The molecule has 2 aromatic heterocycles. The van der Waals surface area contributed by atoms with Crippen molar-refractivity contribution in [2.75, 3.05) is 18.9 Å². The Labute approximate surface area is 254 Å². The molecule has 5 N–H and O–H groups in total. The standard InChI is InChI=1S/C31H30F3N5O6/c1-38(31(43)44)15-18(5-2-3-7-27(35)40)29(41)37-25-6-4-10-39(30(25)42)16-23-12-20-11-22(33)14-26(28(20)36-23)45-17-19-8-9-21(32)13-24(19)34/h3-4,6-14,18,36H,2,5,15-17H2,1H3,(H2,35,40)(H,37,41)(H,43,44)/b7-3+/t18-/m0/s1. The highest BCUT2D eigenvalue weighted by Crippen LogP contribution is 2.29. The van der Waals surface area contributed by atoms with Crippen LogP contribution in [0.15, 0.2) is 71.7 Å². The van der Waals surface area contributed by atoms with Gasteiger partial charge in [-0.15, -0.1) is 0 Å². The highest BCUT2D eigenvalue weighted by Gasteiger charge is 2.23. The number of allylic oxidation sites excluding steroid dienone is 1. The van der Waals surface area contributed by atoms with Crippen molar-refractivity contribution in [3.8, 4) is 5.75 Å². The van der Waals surface area contributed by atoms with E-state index in [0.717, 1.165) is 29.2 Å². The molecule has 2 heterocycles. The van der Waals surface area contributed by atoms with Crippen LogP contribution in [0.4, 0.5) is 23.7 Å². The first-order chi connectivity index (χ1) is 21.4. The Morgan fingerprint density at radius 2 is 1.91 bits per heavy atom.